The van der Waals surface area contributed by atoms with E-state index in [-0.39, 0.29) is 5.91 Å². The molecule has 0 unspecified atom stereocenters. The van der Waals surface area contributed by atoms with Crippen molar-refractivity contribution in [3.05, 3.63) is 46.4 Å². The lowest BCUT2D eigenvalue weighted by atomic mass is 10.2. The summed E-state index contributed by atoms with van der Waals surface area (Å²) in [4.78, 5) is 17.6. The molecule has 0 saturated heterocycles. The first-order chi connectivity index (χ1) is 7.68. The average molecular weight is 232 g/mol. The summed E-state index contributed by atoms with van der Waals surface area (Å²) in [5, 5.41) is 1.76. The van der Waals surface area contributed by atoms with Crippen LogP contribution in [0, 0.1) is 6.92 Å². The van der Waals surface area contributed by atoms with E-state index in [1.165, 1.54) is 16.9 Å². The lowest BCUT2D eigenvalue weighted by Crippen LogP contribution is -2.26. The summed E-state index contributed by atoms with van der Waals surface area (Å²) in [6.07, 6.45) is 0. The molecule has 82 valence electrons. The molecule has 0 atom stereocenters. The number of hydrogen-bond donors (Lipinski definition) is 0. The van der Waals surface area contributed by atoms with E-state index in [0.717, 1.165) is 5.69 Å². The van der Waals surface area contributed by atoms with Gasteiger partial charge in [0.25, 0.3) is 5.91 Å². The van der Waals surface area contributed by atoms with Gasteiger partial charge in [0.15, 0.2) is 0 Å². The molecule has 0 aliphatic carbocycles. The van der Waals surface area contributed by atoms with Crippen molar-refractivity contribution < 1.29 is 4.79 Å². The SMILES string of the molecule is Cc1ccc(N(C)C(=O)c2cscn2)cc1. The van der Waals surface area contributed by atoms with Crippen LogP contribution < -0.4 is 4.90 Å². The Balaban J connectivity index is 2.22. The van der Waals surface area contributed by atoms with E-state index in [9.17, 15) is 4.79 Å². The Morgan fingerprint density at radius 3 is 2.56 bits per heavy atom. The maximum atomic E-state index is 12.0. The highest BCUT2D eigenvalue weighted by molar-refractivity contribution is 7.07. The van der Waals surface area contributed by atoms with E-state index < -0.39 is 0 Å². The van der Waals surface area contributed by atoms with Crippen LogP contribution in [0.5, 0.6) is 0 Å². The van der Waals surface area contributed by atoms with Crippen molar-refractivity contribution in [2.24, 2.45) is 0 Å². The van der Waals surface area contributed by atoms with Crippen molar-refractivity contribution in [1.82, 2.24) is 4.98 Å². The first-order valence-corrected chi connectivity index (χ1v) is 5.85. The third kappa shape index (κ3) is 2.12. The van der Waals surface area contributed by atoms with Crippen LogP contribution in [0.2, 0.25) is 0 Å². The lowest BCUT2D eigenvalue weighted by molar-refractivity contribution is 0.0989. The lowest BCUT2D eigenvalue weighted by Gasteiger charge is -2.16. The third-order valence-electron chi connectivity index (χ3n) is 2.38. The molecule has 0 bridgehead atoms. The average Bonchev–Trinajstić information content (AvgIpc) is 2.81. The van der Waals surface area contributed by atoms with Gasteiger partial charge in [-0.2, -0.15) is 0 Å². The molecule has 4 heteroatoms. The van der Waals surface area contributed by atoms with Gasteiger partial charge in [0.2, 0.25) is 0 Å². The number of nitrogens with zero attached hydrogens (tertiary/aromatic N) is 2. The number of anilines is 1. The van der Waals surface area contributed by atoms with Crippen LogP contribution in [0.3, 0.4) is 0 Å². The number of hydrogen-bond acceptors (Lipinski definition) is 3. The minimum Gasteiger partial charge on any atom is -0.310 e. The van der Waals surface area contributed by atoms with Gasteiger partial charge in [-0.05, 0) is 19.1 Å². The van der Waals surface area contributed by atoms with Crippen molar-refractivity contribution in [3.8, 4) is 0 Å². The molecule has 3 nitrogen and oxygen atoms in total. The Kier molecular flexibility index (Phi) is 3.01. The molecule has 0 fully saturated rings. The van der Waals surface area contributed by atoms with Crippen LogP contribution in [0.1, 0.15) is 16.1 Å². The van der Waals surface area contributed by atoms with E-state index in [1.54, 1.807) is 22.8 Å². The summed E-state index contributed by atoms with van der Waals surface area (Å²) in [5.41, 5.74) is 4.21. The molecule has 1 amide bonds. The second-order valence-electron chi connectivity index (χ2n) is 3.57. The second kappa shape index (κ2) is 4.45. The number of aryl methyl sites for hydroxylation is 1. The van der Waals surface area contributed by atoms with Gasteiger partial charge in [-0.1, -0.05) is 17.7 Å². The minimum atomic E-state index is -0.0786. The van der Waals surface area contributed by atoms with E-state index in [0.29, 0.717) is 5.69 Å². The van der Waals surface area contributed by atoms with E-state index in [2.05, 4.69) is 4.98 Å². The molecule has 2 aromatic rings. The summed E-state index contributed by atoms with van der Waals surface area (Å²) in [5.74, 6) is -0.0786. The van der Waals surface area contributed by atoms with E-state index >= 15 is 0 Å². The topological polar surface area (TPSA) is 33.2 Å². The van der Waals surface area contributed by atoms with Gasteiger partial charge in [-0.25, -0.2) is 4.98 Å². The molecule has 0 spiro atoms. The summed E-state index contributed by atoms with van der Waals surface area (Å²) < 4.78 is 0. The number of benzene rings is 1. The Labute approximate surface area is 98.4 Å². The molecule has 0 aliphatic rings. The summed E-state index contributed by atoms with van der Waals surface area (Å²) in [7, 11) is 1.76. The fourth-order valence-electron chi connectivity index (χ4n) is 1.38. The summed E-state index contributed by atoms with van der Waals surface area (Å²) in [6.45, 7) is 2.02. The molecule has 1 aromatic heterocycles. The molecule has 16 heavy (non-hydrogen) atoms. The molecular formula is C12H12N2OS. The predicted octanol–water partition coefficient (Wildman–Crippen LogP) is 2.73. The van der Waals surface area contributed by atoms with Crippen LogP contribution in [0.4, 0.5) is 5.69 Å². The number of carbonyl (C=O) groups is 1. The maximum Gasteiger partial charge on any atom is 0.277 e. The van der Waals surface area contributed by atoms with Gasteiger partial charge < -0.3 is 4.90 Å². The molecule has 0 aliphatic heterocycles. The fraction of sp³-hybridized carbons (Fsp3) is 0.167. The monoisotopic (exact) mass is 232 g/mol. The van der Waals surface area contributed by atoms with Gasteiger partial charge in [0.05, 0.1) is 5.51 Å². The maximum absolute atomic E-state index is 12.0. The molecule has 0 saturated carbocycles. The summed E-state index contributed by atoms with van der Waals surface area (Å²) in [6, 6.07) is 7.83. The van der Waals surface area contributed by atoms with Crippen molar-refractivity contribution in [2.45, 2.75) is 6.92 Å². The van der Waals surface area contributed by atoms with E-state index in [4.69, 9.17) is 0 Å². The minimum absolute atomic E-state index is 0.0786. The van der Waals surface area contributed by atoms with Crippen LogP contribution in [-0.4, -0.2) is 17.9 Å². The van der Waals surface area contributed by atoms with Crippen LogP contribution in [0.25, 0.3) is 0 Å². The van der Waals surface area contributed by atoms with Gasteiger partial charge in [0, 0.05) is 18.1 Å². The number of thiazole rings is 1. The Morgan fingerprint density at radius 1 is 1.31 bits per heavy atom. The van der Waals surface area contributed by atoms with Crippen LogP contribution in [-0.2, 0) is 0 Å². The van der Waals surface area contributed by atoms with Gasteiger partial charge in [0.1, 0.15) is 5.69 Å². The fourth-order valence-corrected chi connectivity index (χ4v) is 1.90. The van der Waals surface area contributed by atoms with E-state index in [1.807, 2.05) is 31.2 Å². The zero-order valence-electron chi connectivity index (χ0n) is 9.18. The van der Waals surface area contributed by atoms with Crippen molar-refractivity contribution in [1.29, 1.82) is 0 Å². The molecule has 0 N–H and O–H groups in total. The highest BCUT2D eigenvalue weighted by atomic mass is 32.1. The van der Waals surface area contributed by atoms with Crippen molar-refractivity contribution in [3.63, 3.8) is 0 Å². The largest absolute Gasteiger partial charge is 0.310 e. The van der Waals surface area contributed by atoms with Gasteiger partial charge in [-0.3, -0.25) is 4.79 Å². The number of aromatic nitrogens is 1. The van der Waals surface area contributed by atoms with Crippen LogP contribution in [0.15, 0.2) is 35.2 Å². The smallest absolute Gasteiger partial charge is 0.277 e. The molecule has 0 radical (unpaired) electrons. The Bertz CT molecular complexity index is 476. The Hall–Kier alpha value is -1.68. The predicted molar refractivity (Wildman–Crippen MR) is 66.0 cm³/mol. The molecular weight excluding hydrogens is 220 g/mol. The first kappa shape index (κ1) is 10.8. The highest BCUT2D eigenvalue weighted by Crippen LogP contribution is 2.16. The van der Waals surface area contributed by atoms with Crippen LogP contribution >= 0.6 is 11.3 Å². The number of carbonyl (C=O) groups excluding carboxylic acids is 1. The van der Waals surface area contributed by atoms with Crippen molar-refractivity contribution >= 4 is 22.9 Å². The zero-order chi connectivity index (χ0) is 11.5. The Morgan fingerprint density at radius 2 is 2.00 bits per heavy atom. The number of amides is 1. The summed E-state index contributed by atoms with van der Waals surface area (Å²) >= 11 is 1.42. The first-order valence-electron chi connectivity index (χ1n) is 4.91. The third-order valence-corrected chi connectivity index (χ3v) is 2.96. The second-order valence-corrected chi connectivity index (χ2v) is 4.29. The zero-order valence-corrected chi connectivity index (χ0v) is 9.99. The number of rotatable bonds is 2. The quantitative estimate of drug-likeness (QED) is 0.797. The normalized spacial score (nSPS) is 10.1. The molecule has 2 rings (SSSR count). The standard InChI is InChI=1S/C12H12N2OS/c1-9-3-5-10(6-4-9)14(2)12(15)11-7-16-8-13-11/h3-8H,1-2H3. The highest BCUT2D eigenvalue weighted by Gasteiger charge is 2.14. The molecule has 1 heterocycles. The molecule has 1 aromatic carbocycles. The van der Waals surface area contributed by atoms with Gasteiger partial charge >= 0.3 is 0 Å². The van der Waals surface area contributed by atoms with Crippen molar-refractivity contribution in [2.75, 3.05) is 11.9 Å². The van der Waals surface area contributed by atoms with Gasteiger partial charge in [-0.15, -0.1) is 11.3 Å².